The Balaban J connectivity index is 1.63. The van der Waals surface area contributed by atoms with Gasteiger partial charge >= 0.3 is 0 Å². The van der Waals surface area contributed by atoms with E-state index in [1.54, 1.807) is 6.08 Å². The zero-order chi connectivity index (χ0) is 66.6. The van der Waals surface area contributed by atoms with Crippen molar-refractivity contribution in [1.82, 2.24) is 5.32 Å². The number of aliphatic hydroxyl groups is 8. The third-order valence-corrected chi connectivity index (χ3v) is 16.5. The first-order valence-electron chi connectivity index (χ1n) is 36.1. The van der Waals surface area contributed by atoms with E-state index in [2.05, 4.69) is 153 Å². The van der Waals surface area contributed by atoms with E-state index < -0.39 is 86.8 Å². The molecule has 0 aromatic carbocycles. The Kier molecular flexibility index (Phi) is 55.2. The number of amides is 1. The quantitative estimate of drug-likeness (QED) is 0.0204. The number of rotatable bonds is 57. The van der Waals surface area contributed by atoms with Crippen LogP contribution in [0.5, 0.6) is 0 Å². The van der Waals surface area contributed by atoms with Crippen LogP contribution in [0.15, 0.2) is 146 Å². The number of hydrogen-bond donors (Lipinski definition) is 9. The highest BCUT2D eigenvalue weighted by atomic mass is 16.7. The summed E-state index contributed by atoms with van der Waals surface area (Å²) < 4.78 is 22.8. The van der Waals surface area contributed by atoms with Crippen molar-refractivity contribution in [3.8, 4) is 0 Å². The van der Waals surface area contributed by atoms with Crippen molar-refractivity contribution < 1.29 is 64.6 Å². The average Bonchev–Trinajstić information content (AvgIpc) is 0.856. The minimum absolute atomic E-state index is 0.259. The molecular formula is C78H129NO13. The first kappa shape index (κ1) is 84.0. The minimum atomic E-state index is -1.80. The van der Waals surface area contributed by atoms with Gasteiger partial charge in [-0.2, -0.15) is 0 Å². The molecule has 14 heteroatoms. The highest BCUT2D eigenvalue weighted by molar-refractivity contribution is 5.76. The molecule has 1 amide bonds. The van der Waals surface area contributed by atoms with Crippen LogP contribution >= 0.6 is 0 Å². The van der Waals surface area contributed by atoms with E-state index in [0.29, 0.717) is 12.8 Å². The number of aliphatic hydroxyl groups excluding tert-OH is 8. The van der Waals surface area contributed by atoms with Gasteiger partial charge in [0.05, 0.1) is 32.0 Å². The van der Waals surface area contributed by atoms with Crippen molar-refractivity contribution in [3.63, 3.8) is 0 Å². The standard InChI is InChI=1S/C78H129NO13/c1-3-5-7-9-11-13-15-17-19-21-22-23-24-25-26-27-28-29-30-31-32-33-34-35-36-37-38-39-40-41-42-43-44-46-48-50-52-54-56-58-60-62-70(83)79-66(67(82)61-59-57-55-53-51-49-47-45-20-18-16-14-12-10-8-6-4-2)65-89-77-75(88)73(86)76(69(64-81)91-77)92-78-74(87)72(85)71(84)68(63-80)90-78/h5,7,11,13,17,19,22-23,25-26,28-29,31-32,34-35,37-38,40-41,51,53,59,61,66-69,71-78,80-82,84-88H,3-4,6,8-10,12,14-16,18,20-21,24,27,30,33,36,39,42-50,52,54-58,60,62-65H2,1-2H3,(H,79,83)/b7-5-,13-11-,19-17-,23-22-,26-25-,29-28-,32-31-,35-34-,38-37-,41-40-,53-51+,61-59+. The number of unbranched alkanes of at least 4 members (excludes halogenated alkanes) is 22. The fraction of sp³-hybridized carbons (Fsp3) is 0.679. The Morgan fingerprint density at radius 1 is 0.402 bits per heavy atom. The van der Waals surface area contributed by atoms with Gasteiger partial charge in [-0.15, -0.1) is 0 Å². The van der Waals surface area contributed by atoms with Crippen LogP contribution in [0.4, 0.5) is 0 Å². The number of ether oxygens (including phenoxy) is 4. The SMILES string of the molecule is CC/C=C\C/C=C\C/C=C\C/C=C\C/C=C\C/C=C\C/C=C\C/C=C\C/C=C\C/C=C\CCCCCCCCCCCCC(=O)NC(COC1OC(CO)C(OC2OC(CO)C(O)C(O)C2O)C(O)C1O)C(O)/C=C/CC/C=C/CCCCCCCCCCCCC. The molecule has 12 unspecified atom stereocenters. The maximum atomic E-state index is 13.3. The van der Waals surface area contributed by atoms with Crippen LogP contribution in [-0.2, 0) is 23.7 Å². The molecule has 0 aliphatic carbocycles. The van der Waals surface area contributed by atoms with Gasteiger partial charge in [-0.25, -0.2) is 0 Å². The van der Waals surface area contributed by atoms with Crippen LogP contribution in [0.1, 0.15) is 245 Å². The molecule has 2 saturated heterocycles. The second-order valence-electron chi connectivity index (χ2n) is 24.6. The lowest BCUT2D eigenvalue weighted by Gasteiger charge is -2.46. The lowest BCUT2D eigenvalue weighted by atomic mass is 9.97. The third-order valence-electron chi connectivity index (χ3n) is 16.5. The molecule has 0 spiro atoms. The summed E-state index contributed by atoms with van der Waals surface area (Å²) in [6, 6.07) is -0.944. The van der Waals surface area contributed by atoms with E-state index in [1.165, 1.54) is 109 Å². The Morgan fingerprint density at radius 2 is 0.761 bits per heavy atom. The van der Waals surface area contributed by atoms with Gasteiger partial charge < -0.3 is 65.1 Å². The Morgan fingerprint density at radius 3 is 1.20 bits per heavy atom. The van der Waals surface area contributed by atoms with E-state index in [4.69, 9.17) is 18.9 Å². The van der Waals surface area contributed by atoms with Crippen LogP contribution in [0.3, 0.4) is 0 Å². The van der Waals surface area contributed by atoms with Crippen molar-refractivity contribution in [2.24, 2.45) is 0 Å². The number of allylic oxidation sites excluding steroid dienone is 23. The molecular weight excluding hydrogens is 1160 g/mol. The molecule has 0 aromatic rings. The van der Waals surface area contributed by atoms with Gasteiger partial charge in [0.15, 0.2) is 12.6 Å². The first-order valence-corrected chi connectivity index (χ1v) is 36.1. The van der Waals surface area contributed by atoms with Crippen molar-refractivity contribution in [2.45, 2.75) is 319 Å². The Labute approximate surface area is 557 Å². The van der Waals surface area contributed by atoms with Crippen LogP contribution in [-0.4, -0.2) is 140 Å². The van der Waals surface area contributed by atoms with Crippen molar-refractivity contribution in [2.75, 3.05) is 19.8 Å². The normalized spacial score (nSPS) is 23.6. The number of nitrogens with one attached hydrogen (secondary N) is 1. The molecule has 0 bridgehead atoms. The second-order valence-corrected chi connectivity index (χ2v) is 24.6. The molecule has 2 rings (SSSR count). The lowest BCUT2D eigenvalue weighted by Crippen LogP contribution is -2.65. The summed E-state index contributed by atoms with van der Waals surface area (Å²) in [5.74, 6) is -0.259. The minimum Gasteiger partial charge on any atom is -0.394 e. The maximum absolute atomic E-state index is 13.3. The first-order chi connectivity index (χ1) is 45.1. The van der Waals surface area contributed by atoms with Crippen LogP contribution < -0.4 is 5.32 Å². The number of carbonyl (C=O) groups is 1. The lowest BCUT2D eigenvalue weighted by molar-refractivity contribution is -0.359. The molecule has 12 atom stereocenters. The molecule has 9 N–H and O–H groups in total. The summed E-state index contributed by atoms with van der Waals surface area (Å²) in [6.45, 7) is 2.66. The fourth-order valence-corrected chi connectivity index (χ4v) is 10.8. The molecule has 2 aliphatic heterocycles. The fourth-order valence-electron chi connectivity index (χ4n) is 10.8. The highest BCUT2D eigenvalue weighted by Gasteiger charge is 2.51. The van der Waals surface area contributed by atoms with E-state index in [-0.39, 0.29) is 18.9 Å². The summed E-state index contributed by atoms with van der Waals surface area (Å²) in [6.07, 6.45) is 74.7. The monoisotopic (exact) mass is 1290 g/mol. The molecule has 14 nitrogen and oxygen atoms in total. The molecule has 0 aromatic heterocycles. The molecule has 2 fully saturated rings. The number of hydrogen-bond acceptors (Lipinski definition) is 13. The van der Waals surface area contributed by atoms with Gasteiger partial charge in [0.1, 0.15) is 48.8 Å². The predicted molar refractivity (Wildman–Crippen MR) is 378 cm³/mol. The van der Waals surface area contributed by atoms with Crippen molar-refractivity contribution in [1.29, 1.82) is 0 Å². The molecule has 524 valence electrons. The summed E-state index contributed by atoms with van der Waals surface area (Å²) in [5.41, 5.74) is 0. The average molecular weight is 1290 g/mol. The third kappa shape index (κ3) is 43.8. The van der Waals surface area contributed by atoms with Gasteiger partial charge in [-0.3, -0.25) is 4.79 Å². The van der Waals surface area contributed by atoms with Crippen LogP contribution in [0.25, 0.3) is 0 Å². The van der Waals surface area contributed by atoms with Crippen molar-refractivity contribution in [3.05, 3.63) is 146 Å². The van der Waals surface area contributed by atoms with Gasteiger partial charge in [0, 0.05) is 6.42 Å². The molecule has 2 heterocycles. The number of carbonyl (C=O) groups excluding carboxylic acids is 1. The van der Waals surface area contributed by atoms with Gasteiger partial charge in [0.25, 0.3) is 0 Å². The topological polar surface area (TPSA) is 228 Å². The zero-order valence-electron chi connectivity index (χ0n) is 57.0. The van der Waals surface area contributed by atoms with E-state index >= 15 is 0 Å². The van der Waals surface area contributed by atoms with Crippen LogP contribution in [0.2, 0.25) is 0 Å². The van der Waals surface area contributed by atoms with E-state index in [1.807, 2.05) is 6.08 Å². The van der Waals surface area contributed by atoms with Gasteiger partial charge in [0.2, 0.25) is 5.91 Å². The molecule has 0 saturated carbocycles. The van der Waals surface area contributed by atoms with Gasteiger partial charge in [-0.1, -0.05) is 275 Å². The predicted octanol–water partition coefficient (Wildman–Crippen LogP) is 15.2. The molecule has 2 aliphatic rings. The molecule has 0 radical (unpaired) electrons. The largest absolute Gasteiger partial charge is 0.394 e. The smallest absolute Gasteiger partial charge is 0.220 e. The van der Waals surface area contributed by atoms with E-state index in [0.717, 1.165) is 103 Å². The summed E-state index contributed by atoms with van der Waals surface area (Å²) >= 11 is 0. The van der Waals surface area contributed by atoms with E-state index in [9.17, 15) is 45.6 Å². The highest BCUT2D eigenvalue weighted by Crippen LogP contribution is 2.30. The summed E-state index contributed by atoms with van der Waals surface area (Å²) in [5, 5.41) is 87.3. The Bertz CT molecular complexity index is 2110. The zero-order valence-corrected chi connectivity index (χ0v) is 57.0. The maximum Gasteiger partial charge on any atom is 0.220 e. The van der Waals surface area contributed by atoms with Crippen LogP contribution in [0, 0.1) is 0 Å². The summed E-state index contributed by atoms with van der Waals surface area (Å²) in [4.78, 5) is 13.3. The van der Waals surface area contributed by atoms with Gasteiger partial charge in [-0.05, 0) is 109 Å². The van der Waals surface area contributed by atoms with Crippen molar-refractivity contribution >= 4 is 5.91 Å². The summed E-state index contributed by atoms with van der Waals surface area (Å²) in [7, 11) is 0. The molecule has 92 heavy (non-hydrogen) atoms. The second kappa shape index (κ2) is 60.5. The Hall–Kier alpha value is -4.13.